The number of oxazole rings is 1. The number of nitrogens with zero attached hydrogens (tertiary/aromatic N) is 1. The summed E-state index contributed by atoms with van der Waals surface area (Å²) in [6.07, 6.45) is 0. The first kappa shape index (κ1) is 14.6. The van der Waals surface area contributed by atoms with Gasteiger partial charge in [-0.1, -0.05) is 0 Å². The second kappa shape index (κ2) is 5.80. The van der Waals surface area contributed by atoms with Crippen LogP contribution in [0.2, 0.25) is 0 Å². The third kappa shape index (κ3) is 3.29. The highest BCUT2D eigenvalue weighted by atomic mass is 16.3. The topological polar surface area (TPSA) is 110 Å². The second-order valence-electron chi connectivity index (χ2n) is 4.94. The first-order valence-corrected chi connectivity index (χ1v) is 6.86. The van der Waals surface area contributed by atoms with E-state index >= 15 is 0 Å². The molecule has 0 aliphatic heterocycles. The number of aromatic nitrogens is 1. The number of fused-ring (bicyclic) bond motifs is 1. The standard InChI is InChI=1S/C16H14N4O3/c1-9-18-13-8-12(6-7-14(13)23-9)19-15(21)10-2-4-11(5-3-10)20-16(17)22/h2-8H,1H3,(H,19,21)(H3,17,20,22). The molecule has 0 unspecified atom stereocenters. The van der Waals surface area contributed by atoms with E-state index in [0.29, 0.717) is 33.9 Å². The van der Waals surface area contributed by atoms with E-state index in [1.54, 1.807) is 49.4 Å². The van der Waals surface area contributed by atoms with Crippen LogP contribution in [0.1, 0.15) is 16.2 Å². The lowest BCUT2D eigenvalue weighted by Crippen LogP contribution is -2.19. The Kier molecular flexibility index (Phi) is 3.68. The number of nitrogens with two attached hydrogens (primary N) is 1. The molecule has 0 fully saturated rings. The fraction of sp³-hybridized carbons (Fsp3) is 0.0625. The monoisotopic (exact) mass is 310 g/mol. The summed E-state index contributed by atoms with van der Waals surface area (Å²) < 4.78 is 5.39. The molecule has 0 atom stereocenters. The number of primary amides is 1. The molecule has 0 aliphatic rings. The Balaban J connectivity index is 1.75. The Hall–Kier alpha value is -3.35. The van der Waals surface area contributed by atoms with E-state index in [1.165, 1.54) is 0 Å². The maximum absolute atomic E-state index is 12.2. The van der Waals surface area contributed by atoms with Crippen LogP contribution in [0.5, 0.6) is 0 Å². The number of nitrogens with one attached hydrogen (secondary N) is 2. The highest BCUT2D eigenvalue weighted by Crippen LogP contribution is 2.20. The van der Waals surface area contributed by atoms with Crippen LogP contribution in [-0.4, -0.2) is 16.9 Å². The molecule has 3 rings (SSSR count). The molecule has 2 aromatic carbocycles. The van der Waals surface area contributed by atoms with Gasteiger partial charge in [0.2, 0.25) is 0 Å². The highest BCUT2D eigenvalue weighted by molar-refractivity contribution is 6.05. The zero-order valence-electron chi connectivity index (χ0n) is 12.3. The Morgan fingerprint density at radius 2 is 1.74 bits per heavy atom. The van der Waals surface area contributed by atoms with E-state index in [2.05, 4.69) is 15.6 Å². The van der Waals surface area contributed by atoms with Gasteiger partial charge in [-0.2, -0.15) is 0 Å². The largest absolute Gasteiger partial charge is 0.441 e. The highest BCUT2D eigenvalue weighted by Gasteiger charge is 2.08. The first-order valence-electron chi connectivity index (χ1n) is 6.86. The second-order valence-corrected chi connectivity index (χ2v) is 4.94. The molecule has 0 aliphatic carbocycles. The number of benzene rings is 2. The van der Waals surface area contributed by atoms with Crippen molar-refractivity contribution in [1.29, 1.82) is 0 Å². The lowest BCUT2D eigenvalue weighted by atomic mass is 10.2. The lowest BCUT2D eigenvalue weighted by Gasteiger charge is -2.06. The molecule has 0 radical (unpaired) electrons. The predicted molar refractivity (Wildman–Crippen MR) is 86.3 cm³/mol. The number of aryl methyl sites for hydroxylation is 1. The van der Waals surface area contributed by atoms with E-state index in [4.69, 9.17) is 10.2 Å². The zero-order valence-corrected chi connectivity index (χ0v) is 12.3. The number of urea groups is 1. The summed E-state index contributed by atoms with van der Waals surface area (Å²) in [7, 11) is 0. The summed E-state index contributed by atoms with van der Waals surface area (Å²) in [6, 6.07) is 11.0. The molecule has 3 amide bonds. The average molecular weight is 310 g/mol. The van der Waals surface area contributed by atoms with Gasteiger partial charge in [-0.15, -0.1) is 0 Å². The van der Waals surface area contributed by atoms with Crippen LogP contribution in [-0.2, 0) is 0 Å². The Morgan fingerprint density at radius 1 is 1.04 bits per heavy atom. The molecule has 0 spiro atoms. The molecule has 0 saturated heterocycles. The number of anilines is 2. The SMILES string of the molecule is Cc1nc2cc(NC(=O)c3ccc(NC(N)=O)cc3)ccc2o1. The normalized spacial score (nSPS) is 10.5. The van der Waals surface area contributed by atoms with E-state index < -0.39 is 6.03 Å². The third-order valence-electron chi connectivity index (χ3n) is 3.17. The minimum atomic E-state index is -0.654. The van der Waals surface area contributed by atoms with Crippen molar-refractivity contribution in [3.8, 4) is 0 Å². The van der Waals surface area contributed by atoms with Crippen molar-refractivity contribution in [1.82, 2.24) is 4.98 Å². The van der Waals surface area contributed by atoms with Crippen LogP contribution in [0.4, 0.5) is 16.2 Å². The Labute approximate surface area is 131 Å². The van der Waals surface area contributed by atoms with Crippen molar-refractivity contribution in [3.63, 3.8) is 0 Å². The van der Waals surface area contributed by atoms with Gasteiger partial charge >= 0.3 is 6.03 Å². The number of carbonyl (C=O) groups excluding carboxylic acids is 2. The minimum Gasteiger partial charge on any atom is -0.441 e. The molecule has 3 aromatic rings. The van der Waals surface area contributed by atoms with Crippen LogP contribution in [0, 0.1) is 6.92 Å². The van der Waals surface area contributed by atoms with Gasteiger partial charge in [0.1, 0.15) is 5.52 Å². The Morgan fingerprint density at radius 3 is 2.43 bits per heavy atom. The van der Waals surface area contributed by atoms with Crippen LogP contribution >= 0.6 is 0 Å². The van der Waals surface area contributed by atoms with Gasteiger partial charge < -0.3 is 20.8 Å². The van der Waals surface area contributed by atoms with E-state index in [-0.39, 0.29) is 5.91 Å². The Bertz CT molecular complexity index is 884. The van der Waals surface area contributed by atoms with Crippen molar-refractivity contribution < 1.29 is 14.0 Å². The molecular formula is C16H14N4O3. The number of hydrogen-bond acceptors (Lipinski definition) is 4. The quantitative estimate of drug-likeness (QED) is 0.690. The van der Waals surface area contributed by atoms with Crippen LogP contribution in [0.3, 0.4) is 0 Å². The van der Waals surface area contributed by atoms with Gasteiger partial charge in [-0.25, -0.2) is 9.78 Å². The lowest BCUT2D eigenvalue weighted by molar-refractivity contribution is 0.102. The van der Waals surface area contributed by atoms with Gasteiger partial charge in [0.25, 0.3) is 5.91 Å². The molecule has 1 aromatic heterocycles. The van der Waals surface area contributed by atoms with E-state index in [1.807, 2.05) is 0 Å². The maximum Gasteiger partial charge on any atom is 0.316 e. The van der Waals surface area contributed by atoms with Crippen LogP contribution < -0.4 is 16.4 Å². The first-order chi connectivity index (χ1) is 11.0. The van der Waals surface area contributed by atoms with Gasteiger partial charge in [0, 0.05) is 23.9 Å². The molecule has 116 valence electrons. The number of hydrogen-bond donors (Lipinski definition) is 3. The van der Waals surface area contributed by atoms with Crippen LogP contribution in [0.15, 0.2) is 46.9 Å². The summed E-state index contributed by atoms with van der Waals surface area (Å²) in [5.41, 5.74) is 7.98. The molecule has 4 N–H and O–H groups in total. The van der Waals surface area contributed by atoms with E-state index in [0.717, 1.165) is 0 Å². The summed E-state index contributed by atoms with van der Waals surface area (Å²) in [6.45, 7) is 1.76. The molecule has 1 heterocycles. The summed E-state index contributed by atoms with van der Waals surface area (Å²) >= 11 is 0. The maximum atomic E-state index is 12.2. The van der Waals surface area contributed by atoms with Crippen molar-refractivity contribution in [2.24, 2.45) is 5.73 Å². The van der Waals surface area contributed by atoms with Gasteiger partial charge in [0.15, 0.2) is 11.5 Å². The molecule has 0 bridgehead atoms. The van der Waals surface area contributed by atoms with E-state index in [9.17, 15) is 9.59 Å². The number of amides is 3. The summed E-state index contributed by atoms with van der Waals surface area (Å²) in [5.74, 6) is 0.302. The van der Waals surface area contributed by atoms with Gasteiger partial charge in [-0.3, -0.25) is 4.79 Å². The summed E-state index contributed by atoms with van der Waals surface area (Å²) in [5, 5.41) is 5.22. The summed E-state index contributed by atoms with van der Waals surface area (Å²) in [4.78, 5) is 27.2. The molecule has 7 heteroatoms. The third-order valence-corrected chi connectivity index (χ3v) is 3.17. The van der Waals surface area contributed by atoms with Crippen molar-refractivity contribution in [2.75, 3.05) is 10.6 Å². The predicted octanol–water partition coefficient (Wildman–Crippen LogP) is 2.88. The van der Waals surface area contributed by atoms with Crippen molar-refractivity contribution in [2.45, 2.75) is 6.92 Å². The zero-order chi connectivity index (χ0) is 16.4. The number of carbonyl (C=O) groups is 2. The average Bonchev–Trinajstić information content (AvgIpc) is 2.86. The van der Waals surface area contributed by atoms with Gasteiger partial charge in [-0.05, 0) is 42.5 Å². The van der Waals surface area contributed by atoms with Crippen molar-refractivity contribution in [3.05, 3.63) is 53.9 Å². The molecular weight excluding hydrogens is 296 g/mol. The molecule has 0 saturated carbocycles. The fourth-order valence-corrected chi connectivity index (χ4v) is 2.17. The fourth-order valence-electron chi connectivity index (χ4n) is 2.17. The molecule has 23 heavy (non-hydrogen) atoms. The molecule has 7 nitrogen and oxygen atoms in total. The minimum absolute atomic E-state index is 0.268. The van der Waals surface area contributed by atoms with Crippen molar-refractivity contribution >= 4 is 34.4 Å². The van der Waals surface area contributed by atoms with Crippen LogP contribution in [0.25, 0.3) is 11.1 Å². The van der Waals surface area contributed by atoms with Gasteiger partial charge in [0.05, 0.1) is 0 Å². The smallest absolute Gasteiger partial charge is 0.316 e. The number of rotatable bonds is 3.